The second-order valence-corrected chi connectivity index (χ2v) is 3.95. The normalized spacial score (nSPS) is 11.4. The summed E-state index contributed by atoms with van der Waals surface area (Å²) in [5.41, 5.74) is 0. The molecule has 10 heavy (non-hydrogen) atoms. The van der Waals surface area contributed by atoms with Crippen LogP contribution < -0.4 is 4.62 Å². The summed E-state index contributed by atoms with van der Waals surface area (Å²) in [7, 11) is 0. The van der Waals surface area contributed by atoms with E-state index < -0.39 is 6.72 Å². The van der Waals surface area contributed by atoms with Gasteiger partial charge in [-0.1, -0.05) is 4.85 Å². The summed E-state index contributed by atoms with van der Waals surface area (Å²) in [6, 6.07) is 0. The predicted molar refractivity (Wildman–Crippen MR) is 35.3 cm³/mol. The van der Waals surface area contributed by atoms with Crippen LogP contribution in [0.4, 0.5) is 0 Å². The summed E-state index contributed by atoms with van der Waals surface area (Å²) < 4.78 is 4.32. The van der Waals surface area contributed by atoms with Crippen molar-refractivity contribution in [1.82, 2.24) is 15.2 Å². The van der Waals surface area contributed by atoms with Crippen LogP contribution in [0.2, 0.25) is 0 Å². The molecule has 1 aromatic heterocycles. The van der Waals surface area contributed by atoms with Gasteiger partial charge in [0.05, 0.1) is 12.4 Å². The topological polar surface area (TPSA) is 80.4 Å². The van der Waals surface area contributed by atoms with Crippen molar-refractivity contribution in [2.75, 3.05) is 0 Å². The molecule has 0 saturated heterocycles. The summed E-state index contributed by atoms with van der Waals surface area (Å²) >= 11 is 4.14. The highest BCUT2D eigenvalue weighted by Crippen LogP contribution is 2.31. The number of rotatable bonds is 2. The van der Waals surface area contributed by atoms with Gasteiger partial charge in [0.25, 0.3) is 0 Å². The molecule has 0 fully saturated rings. The smallest absolute Gasteiger partial charge is 0.314 e. The Kier molecular flexibility index (Phi) is 2.00. The van der Waals surface area contributed by atoms with Gasteiger partial charge < -0.3 is 14.4 Å². The molecule has 0 unspecified atom stereocenters. The predicted octanol–water partition coefficient (Wildman–Crippen LogP) is -1.08. The van der Waals surface area contributed by atoms with Crippen LogP contribution in [-0.4, -0.2) is 24.9 Å². The minimum atomic E-state index is -3.66. The maximum absolute atomic E-state index is 8.56. The first kappa shape index (κ1) is 7.62. The molecule has 6 nitrogen and oxygen atoms in total. The van der Waals surface area contributed by atoms with E-state index in [4.69, 9.17) is 9.79 Å². The van der Waals surface area contributed by atoms with Crippen molar-refractivity contribution < 1.29 is 14.4 Å². The molecule has 1 aromatic rings. The third-order valence-corrected chi connectivity index (χ3v) is 1.17. The second-order valence-electron chi connectivity index (χ2n) is 1.38. The Morgan fingerprint density at radius 1 is 1.60 bits per heavy atom. The van der Waals surface area contributed by atoms with Crippen molar-refractivity contribution in [2.24, 2.45) is 0 Å². The lowest BCUT2D eigenvalue weighted by Crippen LogP contribution is -2.08. The number of hydrogen-bond acceptors (Lipinski definition) is 4. The van der Waals surface area contributed by atoms with Crippen LogP contribution in [0.1, 0.15) is 0 Å². The molecule has 0 spiro atoms. The average Bonchev–Trinajstić information content (AvgIpc) is 2.12. The van der Waals surface area contributed by atoms with Crippen molar-refractivity contribution in [3.8, 4) is 0 Å². The van der Waals surface area contributed by atoms with Crippen LogP contribution in [0.3, 0.4) is 0 Å². The van der Waals surface area contributed by atoms with Crippen molar-refractivity contribution in [1.29, 1.82) is 0 Å². The Morgan fingerprint density at radius 2 is 2.30 bits per heavy atom. The molecule has 0 radical (unpaired) electrons. The Balaban J connectivity index is 2.66. The van der Waals surface area contributed by atoms with Gasteiger partial charge in [0.1, 0.15) is 0 Å². The van der Waals surface area contributed by atoms with E-state index in [0.29, 0.717) is 0 Å². The molecular weight excluding hydrogens is 177 g/mol. The Hall–Kier alpha value is -0.490. The van der Waals surface area contributed by atoms with Gasteiger partial charge >= 0.3 is 6.72 Å². The van der Waals surface area contributed by atoms with Crippen molar-refractivity contribution in [3.63, 3.8) is 0 Å². The summed E-state index contributed by atoms with van der Waals surface area (Å²) in [6.07, 6.45) is 2.62. The van der Waals surface area contributed by atoms with Crippen molar-refractivity contribution >= 4 is 18.5 Å². The minimum Gasteiger partial charge on any atom is -0.314 e. The van der Waals surface area contributed by atoms with E-state index in [1.165, 1.54) is 12.4 Å². The SMILES string of the molecule is OP(O)(=S)On1ccnn1. The maximum Gasteiger partial charge on any atom is 0.396 e. The van der Waals surface area contributed by atoms with E-state index in [2.05, 4.69) is 26.7 Å². The molecule has 1 heterocycles. The van der Waals surface area contributed by atoms with Gasteiger partial charge in [-0.15, -0.1) is 5.10 Å². The van der Waals surface area contributed by atoms with Gasteiger partial charge in [-0.05, 0) is 5.21 Å². The van der Waals surface area contributed by atoms with Crippen molar-refractivity contribution in [2.45, 2.75) is 0 Å². The Labute approximate surface area is 61.3 Å². The average molecular weight is 181 g/mol. The zero-order chi connectivity index (χ0) is 7.61. The molecule has 2 N–H and O–H groups in total. The molecule has 56 valence electrons. The third-order valence-electron chi connectivity index (χ3n) is 0.591. The first-order valence-electron chi connectivity index (χ1n) is 2.20. The first-order valence-corrected chi connectivity index (χ1v) is 4.82. The quantitative estimate of drug-likeness (QED) is 0.564. The second kappa shape index (κ2) is 2.63. The van der Waals surface area contributed by atoms with Crippen LogP contribution in [0.15, 0.2) is 12.4 Å². The van der Waals surface area contributed by atoms with Crippen LogP contribution in [0.25, 0.3) is 0 Å². The molecule has 1 rings (SSSR count). The van der Waals surface area contributed by atoms with Gasteiger partial charge in [-0.3, -0.25) is 0 Å². The lowest BCUT2D eigenvalue weighted by Gasteiger charge is -2.05. The van der Waals surface area contributed by atoms with Crippen LogP contribution in [0.5, 0.6) is 0 Å². The number of nitrogens with zero attached hydrogens (tertiary/aromatic N) is 3. The maximum atomic E-state index is 8.56. The van der Waals surface area contributed by atoms with Gasteiger partial charge in [-0.2, -0.15) is 0 Å². The molecule has 0 bridgehead atoms. The number of aromatic nitrogens is 3. The molecule has 8 heteroatoms. The van der Waals surface area contributed by atoms with E-state index >= 15 is 0 Å². The van der Waals surface area contributed by atoms with E-state index in [1.54, 1.807) is 0 Å². The molecule has 0 saturated carbocycles. The Morgan fingerprint density at radius 3 is 2.70 bits per heavy atom. The van der Waals surface area contributed by atoms with Gasteiger partial charge in [-0.25, -0.2) is 0 Å². The minimum absolute atomic E-state index is 0.792. The van der Waals surface area contributed by atoms with Crippen LogP contribution >= 0.6 is 6.72 Å². The summed E-state index contributed by atoms with van der Waals surface area (Å²) in [5.74, 6) is 0. The standard InChI is InChI=1S/C2H4N3O3PS/c6-9(7,10)8-5-2-1-3-4-5/h1-2H,(H2,6,7,10). The Bertz CT molecular complexity index is 242. The molecule has 0 aliphatic heterocycles. The van der Waals surface area contributed by atoms with Crippen molar-refractivity contribution in [3.05, 3.63) is 12.4 Å². The number of hydrogen-bond donors (Lipinski definition) is 2. The molecule has 0 aliphatic carbocycles. The van der Waals surface area contributed by atoms with E-state index in [-0.39, 0.29) is 0 Å². The van der Waals surface area contributed by atoms with Gasteiger partial charge in [0.15, 0.2) is 0 Å². The van der Waals surface area contributed by atoms with Crippen LogP contribution in [0, 0.1) is 0 Å². The molecule has 0 aromatic carbocycles. The highest BCUT2D eigenvalue weighted by atomic mass is 32.5. The lowest BCUT2D eigenvalue weighted by atomic mass is 11.0. The van der Waals surface area contributed by atoms with E-state index in [9.17, 15) is 0 Å². The highest BCUT2D eigenvalue weighted by Gasteiger charge is 2.09. The molecule has 0 aliphatic rings. The molecule has 0 amide bonds. The van der Waals surface area contributed by atoms with Gasteiger partial charge in [0, 0.05) is 11.8 Å². The summed E-state index contributed by atoms with van der Waals surface area (Å²) in [4.78, 5) is 17.9. The van der Waals surface area contributed by atoms with Gasteiger partial charge in [0.2, 0.25) is 0 Å². The summed E-state index contributed by atoms with van der Waals surface area (Å²) in [5, 5.41) is 6.63. The fourth-order valence-corrected chi connectivity index (χ4v) is 0.860. The first-order chi connectivity index (χ1) is 4.58. The molecule has 0 atom stereocenters. The lowest BCUT2D eigenvalue weighted by molar-refractivity contribution is 0.189. The van der Waals surface area contributed by atoms with E-state index in [0.717, 1.165) is 4.85 Å². The summed E-state index contributed by atoms with van der Waals surface area (Å²) in [6.45, 7) is -3.66. The highest BCUT2D eigenvalue weighted by molar-refractivity contribution is 8.06. The van der Waals surface area contributed by atoms with E-state index in [1.807, 2.05) is 0 Å². The third kappa shape index (κ3) is 2.40. The monoisotopic (exact) mass is 181 g/mol. The zero-order valence-electron chi connectivity index (χ0n) is 4.65. The van der Waals surface area contributed by atoms with Crippen LogP contribution in [-0.2, 0) is 11.8 Å². The largest absolute Gasteiger partial charge is 0.396 e. The fraction of sp³-hybridized carbons (Fsp3) is 0. The fourth-order valence-electron chi connectivity index (χ4n) is 0.350. The molecular formula is C2H4N3O3PS. The zero-order valence-corrected chi connectivity index (χ0v) is 6.37.